The van der Waals surface area contributed by atoms with Crippen molar-refractivity contribution in [1.29, 1.82) is 0 Å². The van der Waals surface area contributed by atoms with Crippen LogP contribution in [-0.2, 0) is 11.2 Å². The molecule has 2 heterocycles. The molecule has 2 atom stereocenters. The minimum atomic E-state index is -1.23. The van der Waals surface area contributed by atoms with E-state index >= 15 is 0 Å². The maximum Gasteiger partial charge on any atom is 0.277 e. The molecule has 4 rings (SSSR count). The quantitative estimate of drug-likeness (QED) is 0.729. The standard InChI is InChI=1S/C23H27ClN4O2/c1-3-5-16-13-19-18(12-14(16)2)25-20-21(26-23(30)27-22(20)29)28(19)11-4-6-15-7-9-17(24)10-8-15/h7-10,12,19,23,30H,3-6,11,13H2,1-2H3,(H,27,29). The van der Waals surface area contributed by atoms with Gasteiger partial charge in [-0.05, 0) is 62.0 Å². The smallest absolute Gasteiger partial charge is 0.277 e. The van der Waals surface area contributed by atoms with Crippen LogP contribution in [0.25, 0.3) is 0 Å². The number of halogens is 1. The Bertz CT molecular complexity index is 962. The lowest BCUT2D eigenvalue weighted by Crippen LogP contribution is -2.58. The van der Waals surface area contributed by atoms with Gasteiger partial charge in [-0.3, -0.25) is 4.79 Å². The molecular weight excluding hydrogens is 400 g/mol. The van der Waals surface area contributed by atoms with E-state index in [0.717, 1.165) is 49.4 Å². The number of aliphatic imine (C=N–C) groups is 2. The van der Waals surface area contributed by atoms with Crippen LogP contribution >= 0.6 is 11.6 Å². The van der Waals surface area contributed by atoms with Gasteiger partial charge < -0.3 is 15.3 Å². The molecule has 2 aliphatic heterocycles. The van der Waals surface area contributed by atoms with E-state index in [-0.39, 0.29) is 11.9 Å². The Balaban J connectivity index is 1.61. The zero-order chi connectivity index (χ0) is 21.3. The van der Waals surface area contributed by atoms with Crippen LogP contribution in [0.15, 0.2) is 57.2 Å². The van der Waals surface area contributed by atoms with Crippen LogP contribution in [0, 0.1) is 0 Å². The third-order valence-corrected chi connectivity index (χ3v) is 6.11. The van der Waals surface area contributed by atoms with Crippen molar-refractivity contribution < 1.29 is 9.90 Å². The number of rotatable bonds is 6. The van der Waals surface area contributed by atoms with Gasteiger partial charge in [0.1, 0.15) is 0 Å². The summed E-state index contributed by atoms with van der Waals surface area (Å²) in [5.41, 5.74) is 5.08. The van der Waals surface area contributed by atoms with Crippen LogP contribution in [0.5, 0.6) is 0 Å². The van der Waals surface area contributed by atoms with Crippen molar-refractivity contribution in [3.63, 3.8) is 0 Å². The first kappa shape index (κ1) is 20.8. The predicted octanol–water partition coefficient (Wildman–Crippen LogP) is 3.61. The van der Waals surface area contributed by atoms with E-state index in [1.807, 2.05) is 24.3 Å². The first-order chi connectivity index (χ1) is 14.5. The van der Waals surface area contributed by atoms with Crippen molar-refractivity contribution in [3.05, 3.63) is 57.8 Å². The topological polar surface area (TPSA) is 77.3 Å². The fourth-order valence-corrected chi connectivity index (χ4v) is 4.47. The fraction of sp³-hybridized carbons (Fsp3) is 0.435. The van der Waals surface area contributed by atoms with Gasteiger partial charge in [0.05, 0.1) is 11.7 Å². The number of hydrogen-bond donors (Lipinski definition) is 2. The normalized spacial score (nSPS) is 23.3. The van der Waals surface area contributed by atoms with Gasteiger partial charge in [0.25, 0.3) is 5.91 Å². The molecule has 0 spiro atoms. The molecule has 0 fully saturated rings. The number of allylic oxidation sites excluding steroid dienone is 2. The second-order valence-corrected chi connectivity index (χ2v) is 8.45. The van der Waals surface area contributed by atoms with E-state index in [9.17, 15) is 9.90 Å². The maximum atomic E-state index is 12.5. The number of aliphatic hydroxyl groups is 1. The molecule has 2 unspecified atom stereocenters. The number of carbonyl (C=O) groups excluding carboxylic acids is 1. The van der Waals surface area contributed by atoms with Crippen molar-refractivity contribution >= 4 is 29.1 Å². The summed E-state index contributed by atoms with van der Waals surface area (Å²) in [6, 6.07) is 7.93. The summed E-state index contributed by atoms with van der Waals surface area (Å²) in [5.74, 6) is 0.121. The van der Waals surface area contributed by atoms with Crippen molar-refractivity contribution in [2.45, 2.75) is 58.3 Å². The number of nitrogens with one attached hydrogen (secondary N) is 1. The van der Waals surface area contributed by atoms with Gasteiger partial charge in [0.2, 0.25) is 6.35 Å². The van der Waals surface area contributed by atoms with Gasteiger partial charge in [-0.25, -0.2) is 9.98 Å². The molecule has 2 N–H and O–H groups in total. The maximum absolute atomic E-state index is 12.5. The number of aryl methyl sites for hydroxylation is 1. The molecular formula is C23H27ClN4O2. The molecule has 1 aliphatic carbocycles. The van der Waals surface area contributed by atoms with Crippen molar-refractivity contribution in [2.24, 2.45) is 9.98 Å². The fourth-order valence-electron chi connectivity index (χ4n) is 4.35. The van der Waals surface area contributed by atoms with E-state index in [0.29, 0.717) is 11.5 Å². The number of nitrogens with zero attached hydrogens (tertiary/aromatic N) is 3. The van der Waals surface area contributed by atoms with E-state index in [1.165, 1.54) is 16.7 Å². The van der Waals surface area contributed by atoms with E-state index in [4.69, 9.17) is 11.6 Å². The Hall–Kier alpha value is -2.44. The Labute approximate surface area is 182 Å². The van der Waals surface area contributed by atoms with Crippen LogP contribution < -0.4 is 5.32 Å². The molecule has 0 radical (unpaired) electrons. The molecule has 1 aromatic rings. The number of aliphatic hydroxyl groups excluding tert-OH is 1. The third-order valence-electron chi connectivity index (χ3n) is 5.85. The zero-order valence-corrected chi connectivity index (χ0v) is 18.1. The SMILES string of the molecule is CCCC1=C(C)C=C2N=C3C(=O)NC(O)N=C3N(CCCc3ccc(Cl)cc3)C2C1. The number of carbonyl (C=O) groups is 1. The summed E-state index contributed by atoms with van der Waals surface area (Å²) in [7, 11) is 0. The molecule has 6 nitrogen and oxygen atoms in total. The van der Waals surface area contributed by atoms with Crippen LogP contribution in [-0.4, -0.2) is 46.4 Å². The molecule has 0 aromatic heterocycles. The Kier molecular flexibility index (Phi) is 6.06. The number of amidine groups is 1. The highest BCUT2D eigenvalue weighted by atomic mass is 35.5. The average Bonchev–Trinajstić information content (AvgIpc) is 2.71. The first-order valence-corrected chi connectivity index (χ1v) is 10.9. The highest BCUT2D eigenvalue weighted by molar-refractivity contribution is 6.67. The number of fused-ring (bicyclic) bond motifs is 2. The summed E-state index contributed by atoms with van der Waals surface area (Å²) in [5, 5.41) is 13.2. The van der Waals surface area contributed by atoms with Gasteiger partial charge >= 0.3 is 0 Å². The molecule has 1 aromatic carbocycles. The Morgan fingerprint density at radius 3 is 2.77 bits per heavy atom. The predicted molar refractivity (Wildman–Crippen MR) is 120 cm³/mol. The van der Waals surface area contributed by atoms with Crippen molar-refractivity contribution in [1.82, 2.24) is 10.2 Å². The lowest BCUT2D eigenvalue weighted by Gasteiger charge is -2.42. The summed E-state index contributed by atoms with van der Waals surface area (Å²) >= 11 is 5.99. The summed E-state index contributed by atoms with van der Waals surface area (Å²) < 4.78 is 0. The second-order valence-electron chi connectivity index (χ2n) is 8.01. The summed E-state index contributed by atoms with van der Waals surface area (Å²) in [4.78, 5) is 23.6. The molecule has 0 saturated heterocycles. The molecule has 0 saturated carbocycles. The minimum Gasteiger partial charge on any atom is -0.355 e. The molecule has 0 bridgehead atoms. The van der Waals surface area contributed by atoms with Gasteiger partial charge in [0, 0.05) is 11.6 Å². The largest absolute Gasteiger partial charge is 0.355 e. The number of hydrogen-bond acceptors (Lipinski definition) is 5. The minimum absolute atomic E-state index is 0.0427. The van der Waals surface area contributed by atoms with E-state index in [2.05, 4.69) is 40.1 Å². The van der Waals surface area contributed by atoms with E-state index in [1.54, 1.807) is 0 Å². The summed E-state index contributed by atoms with van der Waals surface area (Å²) in [6.45, 7) is 5.03. The van der Waals surface area contributed by atoms with Crippen LogP contribution in [0.2, 0.25) is 5.02 Å². The van der Waals surface area contributed by atoms with Crippen LogP contribution in [0.4, 0.5) is 0 Å². The van der Waals surface area contributed by atoms with Crippen LogP contribution in [0.3, 0.4) is 0 Å². The molecule has 158 valence electrons. The highest BCUT2D eigenvalue weighted by Crippen LogP contribution is 2.34. The second kappa shape index (κ2) is 8.74. The van der Waals surface area contributed by atoms with Gasteiger partial charge in [0.15, 0.2) is 11.5 Å². The zero-order valence-electron chi connectivity index (χ0n) is 17.4. The highest BCUT2D eigenvalue weighted by Gasteiger charge is 2.40. The lowest BCUT2D eigenvalue weighted by atomic mass is 9.87. The average molecular weight is 427 g/mol. The van der Waals surface area contributed by atoms with Gasteiger partial charge in [-0.2, -0.15) is 0 Å². The molecule has 7 heteroatoms. The third kappa shape index (κ3) is 4.20. The monoisotopic (exact) mass is 426 g/mol. The lowest BCUT2D eigenvalue weighted by molar-refractivity contribution is -0.117. The molecule has 3 aliphatic rings. The summed E-state index contributed by atoms with van der Waals surface area (Å²) in [6.07, 6.45) is 5.68. The van der Waals surface area contributed by atoms with Gasteiger partial charge in [-0.15, -0.1) is 0 Å². The van der Waals surface area contributed by atoms with Crippen molar-refractivity contribution in [3.8, 4) is 0 Å². The van der Waals surface area contributed by atoms with E-state index < -0.39 is 6.35 Å². The Morgan fingerprint density at radius 1 is 1.27 bits per heavy atom. The van der Waals surface area contributed by atoms with Crippen molar-refractivity contribution in [2.75, 3.05) is 6.54 Å². The first-order valence-electron chi connectivity index (χ1n) is 10.5. The van der Waals surface area contributed by atoms with Gasteiger partial charge in [-0.1, -0.05) is 42.7 Å². The number of benzene rings is 1. The molecule has 1 amide bonds. The van der Waals surface area contributed by atoms with Crippen LogP contribution in [0.1, 0.15) is 45.1 Å². The molecule has 30 heavy (non-hydrogen) atoms. The number of amides is 1. The Morgan fingerprint density at radius 2 is 2.03 bits per heavy atom.